The van der Waals surface area contributed by atoms with Gasteiger partial charge in [-0.15, -0.1) is 0 Å². The normalized spacial score (nSPS) is 10.8. The molecule has 0 unspecified atom stereocenters. The minimum atomic E-state index is -0.739. The molecule has 0 aliphatic heterocycles. The number of carbonyl (C=O) groups is 2. The van der Waals surface area contributed by atoms with Crippen molar-refractivity contribution in [3.05, 3.63) is 74.7 Å². The Morgan fingerprint density at radius 1 is 1.00 bits per heavy atom. The van der Waals surface area contributed by atoms with Crippen LogP contribution in [0.5, 0.6) is 0 Å². The highest BCUT2D eigenvalue weighted by molar-refractivity contribution is 6.04. The molecule has 0 saturated carbocycles. The number of ketones is 1. The van der Waals surface area contributed by atoms with Gasteiger partial charge >= 0.3 is 5.97 Å². The number of nitrogens with zero attached hydrogens (tertiary/aromatic N) is 2. The largest absolute Gasteiger partial charge is 0.452 e. The van der Waals surface area contributed by atoms with E-state index in [4.69, 9.17) is 4.74 Å². The number of rotatable bonds is 4. The summed E-state index contributed by atoms with van der Waals surface area (Å²) in [5, 5.41) is 4.79. The Hall–Kier alpha value is -3.28. The first-order valence-corrected chi connectivity index (χ1v) is 8.54. The van der Waals surface area contributed by atoms with E-state index in [-0.39, 0.29) is 23.6 Å². The van der Waals surface area contributed by atoms with Crippen LogP contribution in [0.25, 0.3) is 10.8 Å². The van der Waals surface area contributed by atoms with Gasteiger partial charge in [0.25, 0.3) is 5.56 Å². The molecule has 0 aliphatic carbocycles. The molecule has 0 fully saturated rings. The molecule has 138 valence electrons. The summed E-state index contributed by atoms with van der Waals surface area (Å²) in [5.41, 5.74) is 3.18. The minimum Gasteiger partial charge on any atom is -0.452 e. The third-order valence-electron chi connectivity index (χ3n) is 4.63. The number of benzene rings is 2. The van der Waals surface area contributed by atoms with Crippen molar-refractivity contribution < 1.29 is 14.3 Å². The van der Waals surface area contributed by atoms with E-state index in [1.54, 1.807) is 30.3 Å². The van der Waals surface area contributed by atoms with Crippen molar-refractivity contribution in [1.29, 1.82) is 0 Å². The molecule has 0 spiro atoms. The molecule has 0 radical (unpaired) electrons. The first-order chi connectivity index (χ1) is 12.8. The van der Waals surface area contributed by atoms with Crippen molar-refractivity contribution in [2.75, 3.05) is 6.61 Å². The number of carbonyl (C=O) groups excluding carboxylic acids is 2. The summed E-state index contributed by atoms with van der Waals surface area (Å²) in [6.45, 7) is 5.37. The topological polar surface area (TPSA) is 78.3 Å². The molecule has 6 heteroatoms. The SMILES string of the molecule is Cc1cc(C)c(C(=O)COC(=O)c2nn(C)c(=O)c3ccccc23)cc1C. The summed E-state index contributed by atoms with van der Waals surface area (Å²) in [6.07, 6.45) is 0. The Labute approximate surface area is 156 Å². The monoisotopic (exact) mass is 364 g/mol. The number of fused-ring (bicyclic) bond motifs is 1. The minimum absolute atomic E-state index is 0.0114. The fourth-order valence-corrected chi connectivity index (χ4v) is 2.99. The van der Waals surface area contributed by atoms with Crippen molar-refractivity contribution in [3.8, 4) is 0 Å². The van der Waals surface area contributed by atoms with Gasteiger partial charge < -0.3 is 4.74 Å². The lowest BCUT2D eigenvalue weighted by Crippen LogP contribution is -2.24. The van der Waals surface area contributed by atoms with E-state index in [2.05, 4.69) is 5.10 Å². The molecule has 27 heavy (non-hydrogen) atoms. The van der Waals surface area contributed by atoms with E-state index in [1.165, 1.54) is 7.05 Å². The van der Waals surface area contributed by atoms with Crippen LogP contribution in [-0.4, -0.2) is 28.1 Å². The van der Waals surface area contributed by atoms with Gasteiger partial charge in [0.2, 0.25) is 5.78 Å². The maximum atomic E-state index is 12.5. The molecule has 1 heterocycles. The third kappa shape index (κ3) is 3.51. The van der Waals surface area contributed by atoms with Gasteiger partial charge in [-0.1, -0.05) is 24.3 Å². The zero-order valence-corrected chi connectivity index (χ0v) is 15.7. The molecular formula is C21H20N2O4. The first kappa shape index (κ1) is 18.5. The van der Waals surface area contributed by atoms with Crippen LogP contribution in [-0.2, 0) is 11.8 Å². The third-order valence-corrected chi connectivity index (χ3v) is 4.63. The van der Waals surface area contributed by atoms with Crippen molar-refractivity contribution in [2.24, 2.45) is 7.05 Å². The molecule has 1 aromatic heterocycles. The highest BCUT2D eigenvalue weighted by Gasteiger charge is 2.19. The van der Waals surface area contributed by atoms with Crippen molar-refractivity contribution in [1.82, 2.24) is 9.78 Å². The van der Waals surface area contributed by atoms with Crippen LogP contribution in [0.15, 0.2) is 41.2 Å². The highest BCUT2D eigenvalue weighted by Crippen LogP contribution is 2.17. The first-order valence-electron chi connectivity index (χ1n) is 8.54. The van der Waals surface area contributed by atoms with E-state index in [9.17, 15) is 14.4 Å². The van der Waals surface area contributed by atoms with Crippen LogP contribution in [0.1, 0.15) is 37.5 Å². The molecule has 0 amide bonds. The standard InChI is InChI=1S/C21H20N2O4/c1-12-9-14(3)17(10-13(12)2)18(24)11-27-21(26)19-15-7-5-6-8-16(15)20(25)23(4)22-19/h5-10H,11H2,1-4H3. The van der Waals surface area contributed by atoms with Gasteiger partial charge in [-0.2, -0.15) is 5.10 Å². The summed E-state index contributed by atoms with van der Waals surface area (Å²) in [6, 6.07) is 10.4. The molecule has 6 nitrogen and oxygen atoms in total. The predicted molar refractivity (Wildman–Crippen MR) is 102 cm³/mol. The number of aromatic nitrogens is 2. The lowest BCUT2D eigenvalue weighted by molar-refractivity contribution is 0.0468. The molecule has 0 bridgehead atoms. The lowest BCUT2D eigenvalue weighted by Gasteiger charge is -2.10. The van der Waals surface area contributed by atoms with Crippen molar-refractivity contribution in [3.63, 3.8) is 0 Å². The van der Waals surface area contributed by atoms with Crippen LogP contribution in [0.2, 0.25) is 0 Å². The average molecular weight is 364 g/mol. The summed E-state index contributed by atoms with van der Waals surface area (Å²) < 4.78 is 6.30. The van der Waals surface area contributed by atoms with E-state index in [0.29, 0.717) is 16.3 Å². The smallest absolute Gasteiger partial charge is 0.359 e. The number of aryl methyl sites for hydroxylation is 4. The zero-order valence-electron chi connectivity index (χ0n) is 15.7. The van der Waals surface area contributed by atoms with Gasteiger partial charge in [0, 0.05) is 18.0 Å². The average Bonchev–Trinajstić information content (AvgIpc) is 2.65. The fourth-order valence-electron chi connectivity index (χ4n) is 2.99. The van der Waals surface area contributed by atoms with Gasteiger partial charge in [0.15, 0.2) is 12.3 Å². The van der Waals surface area contributed by atoms with Crippen molar-refractivity contribution in [2.45, 2.75) is 20.8 Å². The molecule has 3 aromatic rings. The number of hydrogen-bond donors (Lipinski definition) is 0. The highest BCUT2D eigenvalue weighted by atomic mass is 16.5. The number of Topliss-reactive ketones (excluding diaryl/α,β-unsaturated/α-hetero) is 1. The molecule has 3 rings (SSSR count). The van der Waals surface area contributed by atoms with Gasteiger partial charge in [-0.25, -0.2) is 9.48 Å². The second-order valence-electron chi connectivity index (χ2n) is 6.57. The second-order valence-corrected chi connectivity index (χ2v) is 6.57. The van der Waals surface area contributed by atoms with Crippen LogP contribution in [0.4, 0.5) is 0 Å². The Morgan fingerprint density at radius 3 is 2.33 bits per heavy atom. The Morgan fingerprint density at radius 2 is 1.63 bits per heavy atom. The Bertz CT molecular complexity index is 1130. The summed E-state index contributed by atoms with van der Waals surface area (Å²) in [7, 11) is 1.47. The van der Waals surface area contributed by atoms with Crippen LogP contribution in [0, 0.1) is 20.8 Å². The summed E-state index contributed by atoms with van der Waals surface area (Å²) >= 11 is 0. The lowest BCUT2D eigenvalue weighted by atomic mass is 9.98. The summed E-state index contributed by atoms with van der Waals surface area (Å²) in [5.74, 6) is -1.02. The second kappa shape index (κ2) is 7.15. The van der Waals surface area contributed by atoms with Crippen LogP contribution >= 0.6 is 0 Å². The Kier molecular flexibility index (Phi) is 4.90. The molecular weight excluding hydrogens is 344 g/mol. The predicted octanol–water partition coefficient (Wildman–Crippen LogP) is 2.90. The number of hydrogen-bond acceptors (Lipinski definition) is 5. The van der Waals surface area contributed by atoms with Gasteiger partial charge in [0.05, 0.1) is 5.39 Å². The fraction of sp³-hybridized carbons (Fsp3) is 0.238. The quantitative estimate of drug-likeness (QED) is 0.525. The summed E-state index contributed by atoms with van der Waals surface area (Å²) in [4.78, 5) is 37.2. The zero-order chi connectivity index (χ0) is 19.7. The molecule has 0 aliphatic rings. The van der Waals surface area contributed by atoms with Crippen LogP contribution in [0.3, 0.4) is 0 Å². The van der Waals surface area contributed by atoms with E-state index < -0.39 is 5.97 Å². The van der Waals surface area contributed by atoms with Gasteiger partial charge in [-0.3, -0.25) is 9.59 Å². The van der Waals surface area contributed by atoms with E-state index in [0.717, 1.165) is 21.4 Å². The maximum Gasteiger partial charge on any atom is 0.359 e. The molecule has 0 saturated heterocycles. The molecule has 0 atom stereocenters. The molecule has 0 N–H and O–H groups in total. The van der Waals surface area contributed by atoms with Crippen LogP contribution < -0.4 is 5.56 Å². The number of esters is 1. The van der Waals surface area contributed by atoms with Crippen molar-refractivity contribution >= 4 is 22.5 Å². The van der Waals surface area contributed by atoms with E-state index in [1.807, 2.05) is 26.8 Å². The van der Waals surface area contributed by atoms with E-state index >= 15 is 0 Å². The van der Waals surface area contributed by atoms with Gasteiger partial charge in [-0.05, 0) is 49.6 Å². The molecule has 2 aromatic carbocycles. The Balaban J connectivity index is 1.86. The maximum absolute atomic E-state index is 12.5. The number of ether oxygens (including phenoxy) is 1. The van der Waals surface area contributed by atoms with Gasteiger partial charge in [0.1, 0.15) is 0 Å².